The van der Waals surface area contributed by atoms with Crippen LogP contribution in [0.25, 0.3) is 0 Å². The van der Waals surface area contributed by atoms with E-state index in [9.17, 15) is 0 Å². The van der Waals surface area contributed by atoms with Gasteiger partial charge in [-0.25, -0.2) is 0 Å². The topological polar surface area (TPSA) is 0 Å². The predicted octanol–water partition coefficient (Wildman–Crippen LogP) is 11.7. The molecule has 0 amide bonds. The fourth-order valence-electron chi connectivity index (χ4n) is 1.58. The molecule has 0 atom stereocenters. The van der Waals surface area contributed by atoms with E-state index in [4.69, 9.17) is 0 Å². The maximum Gasteiger partial charge on any atom is -0.0238 e. The number of hydrogen-bond donors (Lipinski definition) is 0. The lowest BCUT2D eigenvalue weighted by atomic mass is 10.0. The lowest BCUT2D eigenvalue weighted by Gasteiger charge is -2.01. The van der Waals surface area contributed by atoms with Crippen molar-refractivity contribution < 1.29 is 0 Å². The molecule has 0 radical (unpaired) electrons. The Balaban J connectivity index is -0.000000404. The van der Waals surface area contributed by atoms with Gasteiger partial charge in [0.25, 0.3) is 0 Å². The summed E-state index contributed by atoms with van der Waals surface area (Å²) in [6, 6.07) is 21.2. The van der Waals surface area contributed by atoms with E-state index in [1.807, 2.05) is 0 Å². The van der Waals surface area contributed by atoms with Gasteiger partial charge in [0.1, 0.15) is 0 Å². The Kier molecular flexibility index (Phi) is 30.1. The van der Waals surface area contributed by atoms with Crippen LogP contribution in [0.2, 0.25) is 0 Å². The van der Waals surface area contributed by atoms with Gasteiger partial charge in [-0.1, -0.05) is 169 Å². The molecule has 0 aliphatic heterocycles. The van der Waals surface area contributed by atoms with Crippen LogP contribution in [0.4, 0.5) is 0 Å². The molecule has 34 heavy (non-hydrogen) atoms. The van der Waals surface area contributed by atoms with Crippen LogP contribution >= 0.6 is 0 Å². The molecule has 0 spiro atoms. The van der Waals surface area contributed by atoms with Gasteiger partial charge in [0, 0.05) is 0 Å². The van der Waals surface area contributed by atoms with Gasteiger partial charge in [-0.2, -0.15) is 0 Å². The third-order valence-electron chi connectivity index (χ3n) is 5.65. The van der Waals surface area contributed by atoms with E-state index in [2.05, 4.69) is 144 Å². The fourth-order valence-corrected chi connectivity index (χ4v) is 1.58. The summed E-state index contributed by atoms with van der Waals surface area (Å²) in [5, 5.41) is 0. The van der Waals surface area contributed by atoms with Crippen LogP contribution in [0.3, 0.4) is 0 Å². The van der Waals surface area contributed by atoms with E-state index in [1.54, 1.807) is 0 Å². The maximum atomic E-state index is 2.22. The van der Waals surface area contributed by atoms with Crippen molar-refractivity contribution in [2.24, 2.45) is 23.7 Å². The zero-order chi connectivity index (χ0) is 26.8. The first-order valence-corrected chi connectivity index (χ1v) is 14.1. The Bertz CT molecular complexity index is 506. The zero-order valence-corrected chi connectivity index (χ0v) is 25.3. The minimum absolute atomic E-state index is 0.884. The molecule has 0 bridgehead atoms. The maximum absolute atomic E-state index is 2.22. The second-order valence-corrected chi connectivity index (χ2v) is 10.7. The van der Waals surface area contributed by atoms with Gasteiger partial charge in [-0.05, 0) is 47.6 Å². The Labute approximate surface area is 217 Å². The Hall–Kier alpha value is -1.56. The molecule has 0 nitrogen and oxygen atoms in total. The number of benzene rings is 2. The molecule has 2 aromatic rings. The minimum Gasteiger partial charge on any atom is -0.0651 e. The summed E-state index contributed by atoms with van der Waals surface area (Å²) in [7, 11) is 0. The molecule has 0 saturated carbocycles. The average Bonchev–Trinajstić information content (AvgIpc) is 2.85. The van der Waals surface area contributed by atoms with Gasteiger partial charge in [0.2, 0.25) is 0 Å². The fraction of sp³-hybridized carbons (Fsp3) is 0.647. The number of aryl methyl sites for hydroxylation is 2. The van der Waals surface area contributed by atoms with Crippen LogP contribution in [-0.2, 0) is 12.8 Å². The zero-order valence-electron chi connectivity index (χ0n) is 25.3. The van der Waals surface area contributed by atoms with Crippen molar-refractivity contribution >= 4 is 0 Å². The SMILES string of the molecule is CCC(C)C.CCC(C)C.CCC(C)C.CCC(C)C.c1ccc(CCc2ccccc2)cc1. The lowest BCUT2D eigenvalue weighted by molar-refractivity contribution is 0.626. The summed E-state index contributed by atoms with van der Waals surface area (Å²) >= 11 is 0. The molecule has 0 heterocycles. The van der Waals surface area contributed by atoms with Gasteiger partial charge in [-0.15, -0.1) is 0 Å². The molecule has 0 aliphatic carbocycles. The van der Waals surface area contributed by atoms with Crippen molar-refractivity contribution in [2.45, 2.75) is 122 Å². The quantitative estimate of drug-likeness (QED) is 0.377. The highest BCUT2D eigenvalue weighted by Crippen LogP contribution is 2.06. The number of hydrogen-bond acceptors (Lipinski definition) is 0. The van der Waals surface area contributed by atoms with E-state index in [0.29, 0.717) is 0 Å². The lowest BCUT2D eigenvalue weighted by Crippen LogP contribution is -1.89. The molecular formula is C34H62. The third kappa shape index (κ3) is 35.0. The second-order valence-electron chi connectivity index (χ2n) is 10.7. The highest BCUT2D eigenvalue weighted by Gasteiger charge is 1.93. The van der Waals surface area contributed by atoms with Crippen LogP contribution in [0, 0.1) is 23.7 Å². The van der Waals surface area contributed by atoms with Crippen molar-refractivity contribution in [1.29, 1.82) is 0 Å². The van der Waals surface area contributed by atoms with Gasteiger partial charge >= 0.3 is 0 Å². The average molecular weight is 471 g/mol. The summed E-state index contributed by atoms with van der Waals surface area (Å²) in [6.45, 7) is 26.6. The summed E-state index contributed by atoms with van der Waals surface area (Å²) in [6.07, 6.45) is 7.48. The van der Waals surface area contributed by atoms with Gasteiger partial charge in [-0.3, -0.25) is 0 Å². The summed E-state index contributed by atoms with van der Waals surface area (Å²) in [4.78, 5) is 0. The number of rotatable bonds is 7. The van der Waals surface area contributed by atoms with Crippen LogP contribution in [0.5, 0.6) is 0 Å². The van der Waals surface area contributed by atoms with E-state index in [1.165, 1.54) is 36.8 Å². The molecule has 0 fully saturated rings. The third-order valence-corrected chi connectivity index (χ3v) is 5.65. The van der Waals surface area contributed by atoms with Gasteiger partial charge < -0.3 is 0 Å². The van der Waals surface area contributed by atoms with Crippen molar-refractivity contribution in [3.05, 3.63) is 71.8 Å². The summed E-state index contributed by atoms with van der Waals surface area (Å²) in [5.41, 5.74) is 2.83. The highest BCUT2D eigenvalue weighted by atomic mass is 14.0. The summed E-state index contributed by atoms with van der Waals surface area (Å²) < 4.78 is 0. The molecule has 0 N–H and O–H groups in total. The van der Waals surface area contributed by atoms with Gasteiger partial charge in [0.05, 0.1) is 0 Å². The first-order valence-electron chi connectivity index (χ1n) is 14.1. The molecule has 0 heteroatoms. The molecule has 0 aromatic heterocycles. The molecule has 2 rings (SSSR count). The Morgan fingerprint density at radius 1 is 0.382 bits per heavy atom. The van der Waals surface area contributed by atoms with Crippen molar-refractivity contribution in [2.75, 3.05) is 0 Å². The Morgan fingerprint density at radius 2 is 0.559 bits per heavy atom. The highest BCUT2D eigenvalue weighted by molar-refractivity contribution is 5.19. The van der Waals surface area contributed by atoms with Crippen LogP contribution in [0.15, 0.2) is 60.7 Å². The van der Waals surface area contributed by atoms with Crippen molar-refractivity contribution in [3.8, 4) is 0 Å². The molecule has 0 unspecified atom stereocenters. The van der Waals surface area contributed by atoms with E-state index in [-0.39, 0.29) is 0 Å². The standard InChI is InChI=1S/C14H14.4C5H12/c1-3-7-13(8-4-1)11-12-14-9-5-2-6-10-14;4*1-4-5(2)3/h1-10H,11-12H2;4*5H,4H2,1-3H3. The smallest absolute Gasteiger partial charge is 0.0238 e. The molecule has 0 saturated heterocycles. The first kappa shape index (κ1) is 37.0. The molecular weight excluding hydrogens is 408 g/mol. The monoisotopic (exact) mass is 470 g/mol. The van der Waals surface area contributed by atoms with Crippen molar-refractivity contribution in [3.63, 3.8) is 0 Å². The summed E-state index contributed by atoms with van der Waals surface area (Å²) in [5.74, 6) is 3.54. The van der Waals surface area contributed by atoms with Crippen LogP contribution in [0.1, 0.15) is 120 Å². The van der Waals surface area contributed by atoms with E-state index in [0.717, 1.165) is 36.5 Å². The van der Waals surface area contributed by atoms with Crippen molar-refractivity contribution in [1.82, 2.24) is 0 Å². The minimum atomic E-state index is 0.884. The Morgan fingerprint density at radius 3 is 0.706 bits per heavy atom. The largest absolute Gasteiger partial charge is 0.0651 e. The van der Waals surface area contributed by atoms with Crippen LogP contribution < -0.4 is 0 Å². The van der Waals surface area contributed by atoms with Gasteiger partial charge in [0.15, 0.2) is 0 Å². The molecule has 198 valence electrons. The first-order chi connectivity index (χ1) is 16.0. The molecule has 2 aromatic carbocycles. The second kappa shape index (κ2) is 27.7. The van der Waals surface area contributed by atoms with E-state index >= 15 is 0 Å². The van der Waals surface area contributed by atoms with Crippen LogP contribution in [-0.4, -0.2) is 0 Å². The predicted molar refractivity (Wildman–Crippen MR) is 161 cm³/mol. The normalized spacial score (nSPS) is 9.76. The van der Waals surface area contributed by atoms with E-state index < -0.39 is 0 Å². The molecule has 0 aliphatic rings.